The van der Waals surface area contributed by atoms with Gasteiger partial charge in [0.1, 0.15) is 0 Å². The molecule has 0 aliphatic rings. The van der Waals surface area contributed by atoms with Crippen molar-refractivity contribution < 1.29 is 0 Å². The molecule has 0 N–H and O–H groups in total. The number of hydrogen-bond acceptors (Lipinski definition) is 0. The van der Waals surface area contributed by atoms with Gasteiger partial charge in [-0.3, -0.25) is 0 Å². The SMILES string of the molecule is [B]=C(CC(C)(c1cc(C)c(C)c(Cl)c1)C(C)(C)C)/C(C)=C/C(C)=C(\C)C(=C)C. The molecule has 1 aromatic rings. The van der Waals surface area contributed by atoms with Gasteiger partial charge in [0.2, 0.25) is 0 Å². The van der Waals surface area contributed by atoms with Gasteiger partial charge < -0.3 is 0 Å². The van der Waals surface area contributed by atoms with Gasteiger partial charge in [0.15, 0.2) is 0 Å². The predicted octanol–water partition coefficient (Wildman–Crippen LogP) is 7.85. The van der Waals surface area contributed by atoms with Crippen molar-refractivity contribution in [3.8, 4) is 0 Å². The van der Waals surface area contributed by atoms with E-state index in [0.29, 0.717) is 0 Å². The standard InChI is InChI=1S/C26H37BCl/c1-16(2)20(6)17(3)12-19(5)23(27)15-26(11,25(8,9)10)22-13-18(4)21(7)24(28)14-22/h12-14H,1,15H2,2-11H3/b19-12+,20-17+. The molecule has 2 heteroatoms. The molecule has 0 amide bonds. The fraction of sp³-hybridized carbons (Fsp3) is 0.500. The summed E-state index contributed by atoms with van der Waals surface area (Å²) in [7, 11) is 6.64. The van der Waals surface area contributed by atoms with Crippen molar-refractivity contribution >= 4 is 24.6 Å². The molecule has 1 unspecified atom stereocenters. The minimum atomic E-state index is -0.144. The summed E-state index contributed by atoms with van der Waals surface area (Å²) in [5.74, 6) is 0. The van der Waals surface area contributed by atoms with Crippen LogP contribution in [-0.2, 0) is 5.41 Å². The van der Waals surface area contributed by atoms with Gasteiger partial charge in [-0.25, -0.2) is 0 Å². The third kappa shape index (κ3) is 5.38. The Morgan fingerprint density at radius 3 is 2.04 bits per heavy atom. The average molecular weight is 396 g/mol. The topological polar surface area (TPSA) is 0 Å². The second kappa shape index (κ2) is 8.99. The van der Waals surface area contributed by atoms with E-state index in [1.165, 1.54) is 22.3 Å². The molecule has 0 aromatic heterocycles. The van der Waals surface area contributed by atoms with Crippen LogP contribution in [0, 0.1) is 19.3 Å². The molecule has 1 rings (SSSR count). The first-order chi connectivity index (χ1) is 12.6. The quantitative estimate of drug-likeness (QED) is 0.340. The van der Waals surface area contributed by atoms with Crippen LogP contribution in [0.3, 0.4) is 0 Å². The zero-order valence-corrected chi connectivity index (χ0v) is 20.4. The van der Waals surface area contributed by atoms with Crippen LogP contribution in [0.25, 0.3) is 0 Å². The van der Waals surface area contributed by atoms with E-state index in [1.54, 1.807) is 0 Å². The molecule has 0 saturated heterocycles. The van der Waals surface area contributed by atoms with Crippen LogP contribution >= 0.6 is 11.6 Å². The van der Waals surface area contributed by atoms with Crippen molar-refractivity contribution in [2.75, 3.05) is 0 Å². The Hall–Kier alpha value is -1.34. The molecule has 28 heavy (non-hydrogen) atoms. The van der Waals surface area contributed by atoms with Crippen molar-refractivity contribution in [2.24, 2.45) is 5.41 Å². The summed E-state index contributed by atoms with van der Waals surface area (Å²) in [5.41, 5.74) is 9.02. The first-order valence-electron chi connectivity index (χ1n) is 10.0. The summed E-state index contributed by atoms with van der Waals surface area (Å²) in [5, 5.41) is 0.826. The first kappa shape index (κ1) is 24.7. The number of rotatable bonds is 6. The van der Waals surface area contributed by atoms with Crippen LogP contribution in [0.4, 0.5) is 0 Å². The van der Waals surface area contributed by atoms with Gasteiger partial charge in [-0.15, -0.1) is 0 Å². The molecule has 0 aliphatic carbocycles. The van der Waals surface area contributed by atoms with Gasteiger partial charge in [0, 0.05) is 0 Å². The van der Waals surface area contributed by atoms with E-state index in [-0.39, 0.29) is 10.8 Å². The van der Waals surface area contributed by atoms with Crippen LogP contribution in [0.15, 0.2) is 47.1 Å². The minimum absolute atomic E-state index is 0.0153. The molecule has 151 valence electrons. The molecular weight excluding hydrogens is 359 g/mol. The van der Waals surface area contributed by atoms with Crippen LogP contribution in [0.2, 0.25) is 5.02 Å². The first-order valence-corrected chi connectivity index (χ1v) is 10.4. The molecule has 0 spiro atoms. The maximum absolute atomic E-state index is 6.64. The monoisotopic (exact) mass is 395 g/mol. The summed E-state index contributed by atoms with van der Waals surface area (Å²) < 4.78 is 0. The van der Waals surface area contributed by atoms with Gasteiger partial charge in [-0.1, -0.05) is 0 Å². The normalized spacial score (nSPS) is 15.7. The van der Waals surface area contributed by atoms with E-state index < -0.39 is 0 Å². The fourth-order valence-electron chi connectivity index (χ4n) is 3.32. The number of aryl methyl sites for hydroxylation is 1. The summed E-state index contributed by atoms with van der Waals surface area (Å²) in [6.45, 7) is 25.7. The molecule has 0 aliphatic heterocycles. The van der Waals surface area contributed by atoms with Gasteiger partial charge in [-0.2, -0.15) is 0 Å². The van der Waals surface area contributed by atoms with Crippen molar-refractivity contribution in [3.63, 3.8) is 0 Å². The zero-order valence-electron chi connectivity index (χ0n) is 19.6. The maximum atomic E-state index is 6.64. The third-order valence-corrected chi connectivity index (χ3v) is 7.00. The second-order valence-corrected chi connectivity index (χ2v) is 10.0. The van der Waals surface area contributed by atoms with E-state index in [0.717, 1.165) is 33.6 Å². The van der Waals surface area contributed by atoms with E-state index in [4.69, 9.17) is 19.1 Å². The van der Waals surface area contributed by atoms with E-state index in [1.807, 2.05) is 6.92 Å². The second-order valence-electron chi connectivity index (χ2n) is 9.60. The average Bonchev–Trinajstić information content (AvgIpc) is 2.56. The summed E-state index contributed by atoms with van der Waals surface area (Å²) >= 11 is 6.54. The fourth-order valence-corrected chi connectivity index (χ4v) is 3.58. The van der Waals surface area contributed by atoms with Crippen molar-refractivity contribution in [2.45, 2.75) is 81.1 Å². The molecule has 1 aromatic carbocycles. The van der Waals surface area contributed by atoms with Gasteiger partial charge >= 0.3 is 180 Å². The molecular formula is C26H37BCl. The zero-order chi connectivity index (χ0) is 22.0. The summed E-state index contributed by atoms with van der Waals surface area (Å²) in [6.07, 6.45) is 2.95. The Kier molecular flexibility index (Phi) is 7.93. The predicted molar refractivity (Wildman–Crippen MR) is 130 cm³/mol. The van der Waals surface area contributed by atoms with E-state index in [9.17, 15) is 0 Å². The van der Waals surface area contributed by atoms with Gasteiger partial charge in [0.05, 0.1) is 0 Å². The molecule has 0 fully saturated rings. The Morgan fingerprint density at radius 1 is 1.07 bits per heavy atom. The molecule has 0 bridgehead atoms. The van der Waals surface area contributed by atoms with E-state index in [2.05, 4.69) is 87.1 Å². The summed E-state index contributed by atoms with van der Waals surface area (Å²) in [4.78, 5) is 0. The third-order valence-electron chi connectivity index (χ3n) is 6.61. The van der Waals surface area contributed by atoms with Crippen LogP contribution in [0.5, 0.6) is 0 Å². The molecule has 0 nitrogen and oxygen atoms in total. The molecule has 1 radical (unpaired) electrons. The molecule has 1 atom stereocenters. The molecule has 0 saturated carbocycles. The summed E-state index contributed by atoms with van der Waals surface area (Å²) in [6, 6.07) is 4.40. The molecule has 0 heterocycles. The number of hydrogen-bond donors (Lipinski definition) is 0. The van der Waals surface area contributed by atoms with Crippen molar-refractivity contribution in [1.29, 1.82) is 0 Å². The Labute approximate surface area is 179 Å². The Morgan fingerprint density at radius 2 is 1.61 bits per heavy atom. The number of benzene rings is 1. The van der Waals surface area contributed by atoms with Gasteiger partial charge in [-0.05, 0) is 0 Å². The number of halogens is 1. The van der Waals surface area contributed by atoms with Gasteiger partial charge in [0.25, 0.3) is 0 Å². The van der Waals surface area contributed by atoms with Crippen LogP contribution in [-0.4, -0.2) is 13.0 Å². The Balaban J connectivity index is 3.40. The van der Waals surface area contributed by atoms with Crippen LogP contribution < -0.4 is 0 Å². The van der Waals surface area contributed by atoms with Crippen molar-refractivity contribution in [1.82, 2.24) is 0 Å². The van der Waals surface area contributed by atoms with E-state index >= 15 is 0 Å². The Bertz CT molecular complexity index is 823. The van der Waals surface area contributed by atoms with Crippen molar-refractivity contribution in [3.05, 3.63) is 68.8 Å². The van der Waals surface area contributed by atoms with Crippen LogP contribution in [0.1, 0.15) is 78.5 Å². The number of allylic oxidation sites excluding steroid dienone is 5.